The third-order valence-corrected chi connectivity index (χ3v) is 3.31. The predicted molar refractivity (Wildman–Crippen MR) is 72.6 cm³/mol. The highest BCUT2D eigenvalue weighted by Crippen LogP contribution is 2.18. The lowest BCUT2D eigenvalue weighted by Gasteiger charge is -2.21. The Morgan fingerprint density at radius 1 is 1.32 bits per heavy atom. The van der Waals surface area contributed by atoms with Crippen molar-refractivity contribution in [1.29, 1.82) is 0 Å². The van der Waals surface area contributed by atoms with Gasteiger partial charge in [0.05, 0.1) is 5.71 Å². The summed E-state index contributed by atoms with van der Waals surface area (Å²) in [6, 6.07) is 7.24. The van der Waals surface area contributed by atoms with Crippen LogP contribution in [0.2, 0.25) is 0 Å². The number of hydrogen-bond acceptors (Lipinski definition) is 4. The van der Waals surface area contributed by atoms with Gasteiger partial charge in [0.1, 0.15) is 0 Å². The Labute approximate surface area is 112 Å². The summed E-state index contributed by atoms with van der Waals surface area (Å²) in [7, 11) is 0. The number of amides is 1. The molecule has 1 fully saturated rings. The van der Waals surface area contributed by atoms with Crippen LogP contribution in [-0.4, -0.2) is 30.0 Å². The minimum atomic E-state index is 0.0363. The van der Waals surface area contributed by atoms with Crippen molar-refractivity contribution >= 4 is 17.3 Å². The molecule has 1 aliphatic rings. The first kappa shape index (κ1) is 13.5. The summed E-state index contributed by atoms with van der Waals surface area (Å²) in [5.41, 5.74) is 2.12. The van der Waals surface area contributed by atoms with Gasteiger partial charge in [0.15, 0.2) is 0 Å². The first-order valence-corrected chi connectivity index (χ1v) is 6.38. The van der Waals surface area contributed by atoms with E-state index in [0.717, 1.165) is 24.1 Å². The van der Waals surface area contributed by atoms with Crippen LogP contribution in [0.15, 0.2) is 29.4 Å². The number of rotatable bonds is 3. The van der Waals surface area contributed by atoms with Crippen molar-refractivity contribution in [2.24, 2.45) is 11.1 Å². The van der Waals surface area contributed by atoms with Crippen LogP contribution in [0.25, 0.3) is 0 Å². The van der Waals surface area contributed by atoms with Crippen molar-refractivity contribution in [3.05, 3.63) is 29.8 Å². The van der Waals surface area contributed by atoms with Crippen LogP contribution in [-0.2, 0) is 9.53 Å². The fourth-order valence-electron chi connectivity index (χ4n) is 2.06. The van der Waals surface area contributed by atoms with E-state index in [1.807, 2.05) is 12.1 Å². The van der Waals surface area contributed by atoms with Crippen LogP contribution in [0.1, 0.15) is 25.3 Å². The molecule has 1 aromatic carbocycles. The normalized spacial score (nSPS) is 17.2. The second-order valence-corrected chi connectivity index (χ2v) is 4.64. The third-order valence-electron chi connectivity index (χ3n) is 3.31. The van der Waals surface area contributed by atoms with E-state index < -0.39 is 0 Å². The molecule has 0 aliphatic carbocycles. The van der Waals surface area contributed by atoms with Crippen LogP contribution in [0, 0.1) is 5.92 Å². The Balaban J connectivity index is 1.97. The van der Waals surface area contributed by atoms with Gasteiger partial charge >= 0.3 is 0 Å². The largest absolute Gasteiger partial charge is 0.411 e. The Morgan fingerprint density at radius 3 is 2.53 bits per heavy atom. The highest BCUT2D eigenvalue weighted by Gasteiger charge is 2.21. The summed E-state index contributed by atoms with van der Waals surface area (Å²) in [6.07, 6.45) is 1.56. The molecule has 1 aromatic rings. The van der Waals surface area contributed by atoms with Crippen molar-refractivity contribution in [1.82, 2.24) is 0 Å². The fraction of sp³-hybridized carbons (Fsp3) is 0.429. The van der Waals surface area contributed by atoms with Gasteiger partial charge in [0, 0.05) is 24.8 Å². The summed E-state index contributed by atoms with van der Waals surface area (Å²) >= 11 is 0. The number of anilines is 1. The zero-order valence-corrected chi connectivity index (χ0v) is 10.9. The van der Waals surface area contributed by atoms with Crippen molar-refractivity contribution in [3.8, 4) is 0 Å². The first-order chi connectivity index (χ1) is 9.20. The summed E-state index contributed by atoms with van der Waals surface area (Å²) in [5, 5.41) is 14.7. The van der Waals surface area contributed by atoms with Gasteiger partial charge in [-0.15, -0.1) is 0 Å². The SMILES string of the molecule is CC(=NO)c1ccc(NC(=O)C2CCOCC2)cc1. The van der Waals surface area contributed by atoms with E-state index in [1.165, 1.54) is 0 Å². The average Bonchev–Trinajstić information content (AvgIpc) is 2.48. The van der Waals surface area contributed by atoms with E-state index in [1.54, 1.807) is 19.1 Å². The second kappa shape index (κ2) is 6.33. The first-order valence-electron chi connectivity index (χ1n) is 6.38. The van der Waals surface area contributed by atoms with Gasteiger partial charge in [-0.2, -0.15) is 0 Å². The number of carbonyl (C=O) groups is 1. The van der Waals surface area contributed by atoms with Gasteiger partial charge in [-0.05, 0) is 37.5 Å². The molecule has 5 heteroatoms. The van der Waals surface area contributed by atoms with E-state index in [0.29, 0.717) is 18.9 Å². The maximum Gasteiger partial charge on any atom is 0.227 e. The molecule has 19 heavy (non-hydrogen) atoms. The minimum absolute atomic E-state index is 0.0363. The molecule has 102 valence electrons. The maximum absolute atomic E-state index is 12.0. The maximum atomic E-state index is 12.0. The molecule has 0 unspecified atom stereocenters. The fourth-order valence-corrected chi connectivity index (χ4v) is 2.06. The third kappa shape index (κ3) is 3.54. The highest BCUT2D eigenvalue weighted by molar-refractivity contribution is 5.99. The minimum Gasteiger partial charge on any atom is -0.411 e. The van der Waals surface area contributed by atoms with E-state index >= 15 is 0 Å². The Bertz CT molecular complexity index is 462. The molecule has 2 rings (SSSR count). The van der Waals surface area contributed by atoms with Crippen LogP contribution >= 0.6 is 0 Å². The standard InChI is InChI=1S/C14H18N2O3/c1-10(16-18)11-2-4-13(5-3-11)15-14(17)12-6-8-19-9-7-12/h2-5,12,18H,6-9H2,1H3,(H,15,17). The summed E-state index contributed by atoms with van der Waals surface area (Å²) in [4.78, 5) is 12.0. The number of nitrogens with one attached hydrogen (secondary N) is 1. The summed E-state index contributed by atoms with van der Waals surface area (Å²) in [5.74, 6) is 0.0813. The van der Waals surface area contributed by atoms with Gasteiger partial charge < -0.3 is 15.3 Å². The quantitative estimate of drug-likeness (QED) is 0.498. The number of nitrogens with zero attached hydrogens (tertiary/aromatic N) is 1. The number of ether oxygens (including phenoxy) is 1. The number of hydrogen-bond donors (Lipinski definition) is 2. The smallest absolute Gasteiger partial charge is 0.227 e. The zero-order valence-electron chi connectivity index (χ0n) is 10.9. The zero-order chi connectivity index (χ0) is 13.7. The lowest BCUT2D eigenvalue weighted by Crippen LogP contribution is -2.28. The molecule has 0 bridgehead atoms. The van der Waals surface area contributed by atoms with E-state index in [2.05, 4.69) is 10.5 Å². The second-order valence-electron chi connectivity index (χ2n) is 4.64. The molecular weight excluding hydrogens is 244 g/mol. The van der Waals surface area contributed by atoms with Crippen molar-refractivity contribution in [3.63, 3.8) is 0 Å². The molecule has 1 aliphatic heterocycles. The van der Waals surface area contributed by atoms with E-state index in [-0.39, 0.29) is 11.8 Å². The molecule has 5 nitrogen and oxygen atoms in total. The Kier molecular flexibility index (Phi) is 4.52. The van der Waals surface area contributed by atoms with Gasteiger partial charge in [-0.3, -0.25) is 4.79 Å². The lowest BCUT2D eigenvalue weighted by molar-refractivity contribution is -0.122. The molecule has 0 aromatic heterocycles. The Morgan fingerprint density at radius 2 is 1.95 bits per heavy atom. The number of carbonyl (C=O) groups excluding carboxylic acids is 1. The summed E-state index contributed by atoms with van der Waals surface area (Å²) in [6.45, 7) is 3.03. The monoisotopic (exact) mass is 262 g/mol. The van der Waals surface area contributed by atoms with Gasteiger partial charge in [-0.25, -0.2) is 0 Å². The van der Waals surface area contributed by atoms with Crippen LogP contribution in [0.4, 0.5) is 5.69 Å². The van der Waals surface area contributed by atoms with E-state index in [4.69, 9.17) is 9.94 Å². The number of benzene rings is 1. The van der Waals surface area contributed by atoms with Crippen molar-refractivity contribution in [2.45, 2.75) is 19.8 Å². The molecule has 0 radical (unpaired) electrons. The molecule has 1 saturated heterocycles. The molecular formula is C14H18N2O3. The highest BCUT2D eigenvalue weighted by atomic mass is 16.5. The lowest BCUT2D eigenvalue weighted by atomic mass is 9.99. The van der Waals surface area contributed by atoms with Crippen molar-refractivity contribution in [2.75, 3.05) is 18.5 Å². The predicted octanol–water partition coefficient (Wildman–Crippen LogP) is 2.25. The molecule has 0 spiro atoms. The van der Waals surface area contributed by atoms with Crippen LogP contribution in [0.5, 0.6) is 0 Å². The molecule has 1 heterocycles. The van der Waals surface area contributed by atoms with Crippen LogP contribution < -0.4 is 5.32 Å². The van der Waals surface area contributed by atoms with Gasteiger partial charge in [0.25, 0.3) is 0 Å². The number of oxime groups is 1. The molecule has 0 atom stereocenters. The molecule has 0 saturated carbocycles. The average molecular weight is 262 g/mol. The van der Waals surface area contributed by atoms with Crippen LogP contribution in [0.3, 0.4) is 0 Å². The summed E-state index contributed by atoms with van der Waals surface area (Å²) < 4.78 is 5.24. The van der Waals surface area contributed by atoms with Gasteiger partial charge in [0.2, 0.25) is 5.91 Å². The van der Waals surface area contributed by atoms with E-state index in [9.17, 15) is 4.79 Å². The topological polar surface area (TPSA) is 70.9 Å². The molecule has 1 amide bonds. The van der Waals surface area contributed by atoms with Crippen molar-refractivity contribution < 1.29 is 14.7 Å². The van der Waals surface area contributed by atoms with Gasteiger partial charge in [-0.1, -0.05) is 17.3 Å². The Hall–Kier alpha value is -1.88. The molecule has 2 N–H and O–H groups in total.